The molecule has 0 bridgehead atoms. The van der Waals surface area contributed by atoms with Crippen LogP contribution in [0, 0.1) is 11.3 Å². The molecule has 1 aliphatic heterocycles. The molecule has 1 aliphatic carbocycles. The van der Waals surface area contributed by atoms with E-state index >= 15 is 0 Å². The van der Waals surface area contributed by atoms with Crippen molar-refractivity contribution in [1.29, 1.82) is 5.26 Å². The Morgan fingerprint density at radius 2 is 1.67 bits per heavy atom. The Hall–Kier alpha value is -4.76. The van der Waals surface area contributed by atoms with Gasteiger partial charge in [0.15, 0.2) is 0 Å². The van der Waals surface area contributed by atoms with Crippen LogP contribution in [0.2, 0.25) is 0 Å². The number of amides is 3. The average Bonchev–Trinajstić information content (AvgIpc) is 3.67. The van der Waals surface area contributed by atoms with Gasteiger partial charge in [0.1, 0.15) is 11.9 Å². The predicted molar refractivity (Wildman–Crippen MR) is 159 cm³/mol. The summed E-state index contributed by atoms with van der Waals surface area (Å²) in [6.45, 7) is 2.58. The SMILES string of the molecule is CNC(=O)c1ccc2c(c1)CCc1cc(C(=O)NC)ccc1C2(C[C@H](C)NCC(=O)N1CCC[C@H]1C#N)c1n[nH]c(=O)[nH]1. The number of H-pyrrole nitrogens is 2. The molecule has 0 spiro atoms. The van der Waals surface area contributed by atoms with E-state index in [4.69, 9.17) is 0 Å². The number of fused-ring (bicyclic) bond motifs is 2. The third-order valence-corrected chi connectivity index (χ3v) is 8.61. The first kappa shape index (κ1) is 29.7. The molecule has 12 nitrogen and oxygen atoms in total. The van der Waals surface area contributed by atoms with E-state index in [1.54, 1.807) is 31.1 Å². The van der Waals surface area contributed by atoms with Crippen LogP contribution in [-0.4, -0.2) is 77.1 Å². The van der Waals surface area contributed by atoms with Crippen LogP contribution in [0.1, 0.15) is 75.0 Å². The summed E-state index contributed by atoms with van der Waals surface area (Å²) >= 11 is 0. The summed E-state index contributed by atoms with van der Waals surface area (Å²) in [5.41, 5.74) is 3.14. The Labute approximate surface area is 249 Å². The van der Waals surface area contributed by atoms with Crippen LogP contribution in [0.4, 0.5) is 0 Å². The Morgan fingerprint density at radius 1 is 1.07 bits per heavy atom. The van der Waals surface area contributed by atoms with Gasteiger partial charge in [0.2, 0.25) is 5.91 Å². The number of rotatable bonds is 8. The zero-order chi connectivity index (χ0) is 30.7. The van der Waals surface area contributed by atoms with E-state index in [-0.39, 0.29) is 30.3 Å². The average molecular weight is 585 g/mol. The van der Waals surface area contributed by atoms with Gasteiger partial charge in [0.25, 0.3) is 11.8 Å². The number of carbonyl (C=O) groups is 3. The van der Waals surface area contributed by atoms with Gasteiger partial charge in [-0.1, -0.05) is 12.1 Å². The topological polar surface area (TPSA) is 176 Å². The molecule has 2 heterocycles. The van der Waals surface area contributed by atoms with Gasteiger partial charge >= 0.3 is 5.69 Å². The summed E-state index contributed by atoms with van der Waals surface area (Å²) < 4.78 is 0. The third-order valence-electron chi connectivity index (χ3n) is 8.61. The van der Waals surface area contributed by atoms with Gasteiger partial charge in [0.05, 0.1) is 18.0 Å². The fourth-order valence-corrected chi connectivity index (χ4v) is 6.56. The molecule has 1 aromatic heterocycles. The maximum absolute atomic E-state index is 13.0. The van der Waals surface area contributed by atoms with Crippen molar-refractivity contribution in [1.82, 2.24) is 36.0 Å². The predicted octanol–water partition coefficient (Wildman–Crippen LogP) is 1.13. The van der Waals surface area contributed by atoms with Crippen molar-refractivity contribution in [2.75, 3.05) is 27.2 Å². The second kappa shape index (κ2) is 12.2. The number of carbonyl (C=O) groups excluding carboxylic acids is 3. The molecule has 2 aliphatic rings. The Kier molecular flexibility index (Phi) is 8.45. The van der Waals surface area contributed by atoms with Gasteiger partial charge in [-0.25, -0.2) is 9.89 Å². The molecule has 43 heavy (non-hydrogen) atoms. The van der Waals surface area contributed by atoms with Crippen LogP contribution in [0.3, 0.4) is 0 Å². The molecule has 2 aromatic carbocycles. The Bertz CT molecular complexity index is 1580. The number of likely N-dealkylation sites (tertiary alicyclic amines) is 1. The molecule has 1 saturated heterocycles. The monoisotopic (exact) mass is 584 g/mol. The van der Waals surface area contributed by atoms with Crippen molar-refractivity contribution in [2.24, 2.45) is 0 Å². The van der Waals surface area contributed by atoms with Crippen LogP contribution >= 0.6 is 0 Å². The highest BCUT2D eigenvalue weighted by atomic mass is 16.2. The number of nitriles is 1. The molecule has 3 aromatic rings. The lowest BCUT2D eigenvalue weighted by atomic mass is 9.67. The molecule has 0 radical (unpaired) electrons. The first-order chi connectivity index (χ1) is 20.7. The second-order valence-corrected chi connectivity index (χ2v) is 11.2. The molecule has 5 rings (SSSR count). The second-order valence-electron chi connectivity index (χ2n) is 11.2. The van der Waals surface area contributed by atoms with E-state index in [9.17, 15) is 24.4 Å². The highest BCUT2D eigenvalue weighted by Gasteiger charge is 2.45. The molecule has 1 fully saturated rings. The highest BCUT2D eigenvalue weighted by Crippen LogP contribution is 2.46. The number of nitrogens with one attached hydrogen (secondary N) is 5. The molecule has 3 amide bonds. The summed E-state index contributed by atoms with van der Waals surface area (Å²) in [4.78, 5) is 55.2. The van der Waals surface area contributed by atoms with E-state index in [2.05, 4.69) is 37.2 Å². The first-order valence-corrected chi connectivity index (χ1v) is 14.5. The van der Waals surface area contributed by atoms with Crippen LogP contribution in [0.15, 0.2) is 41.2 Å². The van der Waals surface area contributed by atoms with Gasteiger partial charge in [-0.05, 0) is 85.5 Å². The summed E-state index contributed by atoms with van der Waals surface area (Å²) in [6, 6.07) is 12.6. The van der Waals surface area contributed by atoms with Crippen molar-refractivity contribution >= 4 is 17.7 Å². The molecule has 0 saturated carbocycles. The van der Waals surface area contributed by atoms with E-state index in [1.165, 1.54) is 0 Å². The third kappa shape index (κ3) is 5.56. The van der Waals surface area contributed by atoms with Gasteiger partial charge in [0, 0.05) is 37.8 Å². The minimum Gasteiger partial charge on any atom is -0.355 e. The van der Waals surface area contributed by atoms with Gasteiger partial charge in [-0.2, -0.15) is 10.4 Å². The van der Waals surface area contributed by atoms with Crippen molar-refractivity contribution in [2.45, 2.75) is 56.5 Å². The van der Waals surface area contributed by atoms with Crippen molar-refractivity contribution in [3.63, 3.8) is 0 Å². The van der Waals surface area contributed by atoms with Crippen LogP contribution in [-0.2, 0) is 23.1 Å². The lowest BCUT2D eigenvalue weighted by Crippen LogP contribution is -2.45. The van der Waals surface area contributed by atoms with Crippen LogP contribution in [0.5, 0.6) is 0 Å². The summed E-state index contributed by atoms with van der Waals surface area (Å²) in [6.07, 6.45) is 3.05. The Balaban J connectivity index is 1.62. The normalized spacial score (nSPS) is 17.6. The number of hydrogen-bond acceptors (Lipinski definition) is 7. The summed E-state index contributed by atoms with van der Waals surface area (Å²) in [5.74, 6) is -0.163. The minimum atomic E-state index is -0.999. The molecule has 12 heteroatoms. The quantitative estimate of drug-likeness (QED) is 0.264. The molecular weight excluding hydrogens is 548 g/mol. The van der Waals surface area contributed by atoms with E-state index in [0.717, 1.165) is 28.7 Å². The Morgan fingerprint density at radius 3 is 2.19 bits per heavy atom. The van der Waals surface area contributed by atoms with Crippen LogP contribution < -0.4 is 21.6 Å². The largest absolute Gasteiger partial charge is 0.355 e. The molecule has 2 atom stereocenters. The zero-order valence-electron chi connectivity index (χ0n) is 24.5. The lowest BCUT2D eigenvalue weighted by Gasteiger charge is -2.37. The maximum atomic E-state index is 13.0. The van der Waals surface area contributed by atoms with Gasteiger partial charge in [-0.15, -0.1) is 0 Å². The fourth-order valence-electron chi connectivity index (χ4n) is 6.56. The van der Waals surface area contributed by atoms with Gasteiger partial charge in [-0.3, -0.25) is 19.4 Å². The van der Waals surface area contributed by atoms with Crippen LogP contribution in [0.25, 0.3) is 0 Å². The van der Waals surface area contributed by atoms with Crippen molar-refractivity contribution in [3.8, 4) is 6.07 Å². The number of hydrogen-bond donors (Lipinski definition) is 5. The van der Waals surface area contributed by atoms with E-state index < -0.39 is 17.1 Å². The minimum absolute atomic E-state index is 0.0530. The molecule has 5 N–H and O–H groups in total. The first-order valence-electron chi connectivity index (χ1n) is 14.5. The van der Waals surface area contributed by atoms with Crippen molar-refractivity contribution < 1.29 is 14.4 Å². The molecular formula is C31H36N8O4. The zero-order valence-corrected chi connectivity index (χ0v) is 24.5. The summed E-state index contributed by atoms with van der Waals surface area (Å²) in [5, 5.41) is 25.1. The van der Waals surface area contributed by atoms with Crippen molar-refractivity contribution in [3.05, 3.63) is 86.1 Å². The highest BCUT2D eigenvalue weighted by molar-refractivity contribution is 5.95. The number of benzene rings is 2. The molecule has 224 valence electrons. The standard InChI is InChI=1S/C31H36N8O4/c1-18(35-17-26(40)39-12-4-5-23(39)16-32)15-31(29-36-30(43)38-37-29)24-10-8-21(27(41)33-2)13-19(24)6-7-20-14-22(28(42)34-3)9-11-25(20)31/h8-11,13-14,18,23,35H,4-7,12,15,17H2,1-3H3,(H,33,41)(H,34,42)(H2,36,37,38,43)/t18-,23-/m0/s1. The maximum Gasteiger partial charge on any atom is 0.340 e. The van der Waals surface area contributed by atoms with E-state index in [0.29, 0.717) is 49.2 Å². The lowest BCUT2D eigenvalue weighted by molar-refractivity contribution is -0.130. The molecule has 0 unspecified atom stereocenters. The van der Waals surface area contributed by atoms with E-state index in [1.807, 2.05) is 31.2 Å². The smallest absolute Gasteiger partial charge is 0.340 e. The van der Waals surface area contributed by atoms with Gasteiger partial charge < -0.3 is 20.9 Å². The number of aromatic nitrogens is 3. The fraction of sp³-hybridized carbons (Fsp3) is 0.419. The number of aromatic amines is 2. The summed E-state index contributed by atoms with van der Waals surface area (Å²) in [7, 11) is 3.16. The number of nitrogens with zero attached hydrogens (tertiary/aromatic N) is 3. The number of aryl methyl sites for hydroxylation is 2.